The fourth-order valence-electron chi connectivity index (χ4n) is 2.13. The van der Waals surface area contributed by atoms with Crippen molar-refractivity contribution in [3.8, 4) is 0 Å². The zero-order valence-corrected chi connectivity index (χ0v) is 13.2. The minimum atomic E-state index is 0.460. The smallest absolute Gasteiger partial charge is 0.0509 e. The van der Waals surface area contributed by atoms with Gasteiger partial charge in [-0.2, -0.15) is 0 Å². The summed E-state index contributed by atoms with van der Waals surface area (Å²) in [5.41, 5.74) is 2.22. The summed E-state index contributed by atoms with van der Waals surface area (Å²) in [6.45, 7) is 11.0. The lowest BCUT2D eigenvalue weighted by molar-refractivity contribution is 0.552. The van der Waals surface area contributed by atoms with Crippen molar-refractivity contribution in [2.24, 2.45) is 11.8 Å². The van der Waals surface area contributed by atoms with Gasteiger partial charge in [0, 0.05) is 29.4 Å². The highest BCUT2D eigenvalue weighted by Gasteiger charge is 2.15. The summed E-state index contributed by atoms with van der Waals surface area (Å²) in [7, 11) is 0. The van der Waals surface area contributed by atoms with E-state index in [4.69, 9.17) is 23.2 Å². The first-order valence-electron chi connectivity index (χ1n) is 6.54. The van der Waals surface area contributed by atoms with Gasteiger partial charge in [0.1, 0.15) is 0 Å². The summed E-state index contributed by atoms with van der Waals surface area (Å²) in [6, 6.07) is 6.03. The Balaban J connectivity index is 3.07. The van der Waals surface area contributed by atoms with Crippen LogP contribution in [0.15, 0.2) is 18.2 Å². The van der Waals surface area contributed by atoms with Gasteiger partial charge in [0.05, 0.1) is 5.88 Å². The minimum Gasteiger partial charge on any atom is -0.371 e. The van der Waals surface area contributed by atoms with E-state index in [2.05, 4.69) is 38.7 Å². The maximum Gasteiger partial charge on any atom is 0.0509 e. The topological polar surface area (TPSA) is 3.24 Å². The fourth-order valence-corrected chi connectivity index (χ4v) is 2.71. The highest BCUT2D eigenvalue weighted by molar-refractivity contribution is 6.32. The van der Waals surface area contributed by atoms with E-state index in [-0.39, 0.29) is 0 Å². The van der Waals surface area contributed by atoms with E-state index in [9.17, 15) is 0 Å². The maximum atomic E-state index is 6.24. The summed E-state index contributed by atoms with van der Waals surface area (Å²) < 4.78 is 0. The number of benzene rings is 1. The van der Waals surface area contributed by atoms with Crippen LogP contribution in [0, 0.1) is 11.8 Å². The largest absolute Gasteiger partial charge is 0.371 e. The van der Waals surface area contributed by atoms with Crippen molar-refractivity contribution >= 4 is 28.9 Å². The fraction of sp³-hybridized carbons (Fsp3) is 0.600. The lowest BCUT2D eigenvalue weighted by Gasteiger charge is -2.30. The van der Waals surface area contributed by atoms with E-state index >= 15 is 0 Å². The molecule has 0 unspecified atom stereocenters. The molecule has 1 nitrogen and oxygen atoms in total. The molecule has 18 heavy (non-hydrogen) atoms. The third kappa shape index (κ3) is 4.37. The van der Waals surface area contributed by atoms with E-state index in [0.717, 1.165) is 23.7 Å². The molecule has 0 aliphatic heterocycles. The molecule has 102 valence electrons. The van der Waals surface area contributed by atoms with Gasteiger partial charge in [-0.25, -0.2) is 0 Å². The Hall–Kier alpha value is -0.400. The van der Waals surface area contributed by atoms with Gasteiger partial charge < -0.3 is 4.90 Å². The van der Waals surface area contributed by atoms with E-state index in [1.165, 1.54) is 5.69 Å². The maximum absolute atomic E-state index is 6.24. The molecule has 1 rings (SSSR count). The van der Waals surface area contributed by atoms with Crippen LogP contribution in [0.5, 0.6) is 0 Å². The lowest BCUT2D eigenvalue weighted by atomic mass is 10.1. The molecule has 0 fully saturated rings. The molecule has 0 amide bonds. The molecule has 0 saturated heterocycles. The summed E-state index contributed by atoms with van der Waals surface area (Å²) in [5.74, 6) is 1.69. The third-order valence-corrected chi connectivity index (χ3v) is 3.36. The number of nitrogens with zero attached hydrogens (tertiary/aromatic N) is 1. The van der Waals surface area contributed by atoms with Crippen LogP contribution in [0.1, 0.15) is 33.3 Å². The van der Waals surface area contributed by atoms with Gasteiger partial charge in [0.2, 0.25) is 0 Å². The van der Waals surface area contributed by atoms with Crippen LogP contribution in [-0.4, -0.2) is 13.1 Å². The highest BCUT2D eigenvalue weighted by Crippen LogP contribution is 2.30. The summed E-state index contributed by atoms with van der Waals surface area (Å²) in [4.78, 5) is 2.40. The second kappa shape index (κ2) is 7.25. The quantitative estimate of drug-likeness (QED) is 0.650. The van der Waals surface area contributed by atoms with Crippen molar-refractivity contribution in [3.63, 3.8) is 0 Å². The Labute approximate surface area is 121 Å². The van der Waals surface area contributed by atoms with E-state index in [1.54, 1.807) is 0 Å². The van der Waals surface area contributed by atoms with Gasteiger partial charge in [0.25, 0.3) is 0 Å². The van der Waals surface area contributed by atoms with Gasteiger partial charge in [0.15, 0.2) is 0 Å². The van der Waals surface area contributed by atoms with Crippen molar-refractivity contribution in [2.75, 3.05) is 18.0 Å². The summed E-state index contributed by atoms with van der Waals surface area (Å²) >= 11 is 12.3. The first-order valence-corrected chi connectivity index (χ1v) is 7.45. The summed E-state index contributed by atoms with van der Waals surface area (Å²) in [5, 5.41) is 0.764. The van der Waals surface area contributed by atoms with Crippen LogP contribution >= 0.6 is 23.2 Å². The molecular weight excluding hydrogens is 265 g/mol. The van der Waals surface area contributed by atoms with Gasteiger partial charge in [-0.1, -0.05) is 45.4 Å². The Bertz CT molecular complexity index is 365. The first-order chi connectivity index (χ1) is 8.45. The number of hydrogen-bond donors (Lipinski definition) is 0. The average Bonchev–Trinajstić information content (AvgIpc) is 2.26. The third-order valence-electron chi connectivity index (χ3n) is 2.74. The van der Waals surface area contributed by atoms with Crippen LogP contribution in [0.3, 0.4) is 0 Å². The van der Waals surface area contributed by atoms with Crippen LogP contribution in [0.2, 0.25) is 5.02 Å². The van der Waals surface area contributed by atoms with Crippen molar-refractivity contribution in [1.82, 2.24) is 0 Å². The van der Waals surface area contributed by atoms with Gasteiger partial charge in [-0.05, 0) is 24.0 Å². The van der Waals surface area contributed by atoms with Crippen molar-refractivity contribution in [3.05, 3.63) is 28.8 Å². The predicted molar refractivity (Wildman–Crippen MR) is 82.9 cm³/mol. The van der Waals surface area contributed by atoms with Crippen LogP contribution < -0.4 is 4.90 Å². The Morgan fingerprint density at radius 1 is 1.06 bits per heavy atom. The molecule has 1 aromatic rings. The van der Waals surface area contributed by atoms with E-state index < -0.39 is 0 Å². The normalized spacial score (nSPS) is 11.3. The van der Waals surface area contributed by atoms with Gasteiger partial charge in [-0.15, -0.1) is 11.6 Å². The monoisotopic (exact) mass is 287 g/mol. The van der Waals surface area contributed by atoms with Gasteiger partial charge in [-0.3, -0.25) is 0 Å². The van der Waals surface area contributed by atoms with Crippen molar-refractivity contribution in [1.29, 1.82) is 0 Å². The predicted octanol–water partition coefficient (Wildman–Crippen LogP) is 5.20. The molecule has 0 spiro atoms. The minimum absolute atomic E-state index is 0.460. The molecule has 0 heterocycles. The standard InChI is InChI=1S/C15H23Cl2N/c1-11(2)9-18(10-12(3)4)15-7-5-6-14(17)13(15)8-16/h5-7,11-12H,8-10H2,1-4H3. The summed E-state index contributed by atoms with van der Waals surface area (Å²) in [6.07, 6.45) is 0. The Morgan fingerprint density at radius 3 is 2.06 bits per heavy atom. The van der Waals surface area contributed by atoms with Crippen LogP contribution in [0.4, 0.5) is 5.69 Å². The highest BCUT2D eigenvalue weighted by atomic mass is 35.5. The van der Waals surface area contributed by atoms with Crippen LogP contribution in [-0.2, 0) is 5.88 Å². The lowest BCUT2D eigenvalue weighted by Crippen LogP contribution is -2.32. The van der Waals surface area contributed by atoms with Gasteiger partial charge >= 0.3 is 0 Å². The molecule has 0 radical (unpaired) electrons. The second-order valence-corrected chi connectivity index (χ2v) is 6.24. The van der Waals surface area contributed by atoms with Crippen molar-refractivity contribution < 1.29 is 0 Å². The number of alkyl halides is 1. The van der Waals surface area contributed by atoms with Crippen LogP contribution in [0.25, 0.3) is 0 Å². The number of hydrogen-bond acceptors (Lipinski definition) is 1. The van der Waals surface area contributed by atoms with Crippen molar-refractivity contribution in [2.45, 2.75) is 33.6 Å². The molecule has 0 aromatic heterocycles. The SMILES string of the molecule is CC(C)CN(CC(C)C)c1cccc(Cl)c1CCl. The molecule has 0 N–H and O–H groups in total. The number of halogens is 2. The molecule has 1 aromatic carbocycles. The first kappa shape index (κ1) is 15.7. The molecule has 0 aliphatic rings. The zero-order valence-electron chi connectivity index (χ0n) is 11.7. The average molecular weight is 288 g/mol. The van der Waals surface area contributed by atoms with E-state index in [1.807, 2.05) is 12.1 Å². The molecule has 0 saturated carbocycles. The zero-order chi connectivity index (χ0) is 13.7. The Kier molecular flexibility index (Phi) is 6.31. The molecule has 3 heteroatoms. The van der Waals surface area contributed by atoms with E-state index in [0.29, 0.717) is 17.7 Å². The molecule has 0 aliphatic carbocycles. The molecule has 0 bridgehead atoms. The number of anilines is 1. The Morgan fingerprint density at radius 2 is 1.61 bits per heavy atom. The molecule has 0 atom stereocenters. The number of rotatable bonds is 6. The second-order valence-electron chi connectivity index (χ2n) is 5.56. The molecular formula is C15H23Cl2N.